The van der Waals surface area contributed by atoms with Gasteiger partial charge in [0, 0.05) is 17.1 Å². The molecule has 0 aliphatic carbocycles. The summed E-state index contributed by atoms with van der Waals surface area (Å²) in [6.07, 6.45) is 4.14. The first kappa shape index (κ1) is 22.9. The van der Waals surface area contributed by atoms with Gasteiger partial charge in [0.1, 0.15) is 18.0 Å². The van der Waals surface area contributed by atoms with E-state index in [0.29, 0.717) is 23.7 Å². The second-order valence-corrected chi connectivity index (χ2v) is 8.73. The molecule has 2 aromatic rings. The van der Waals surface area contributed by atoms with Gasteiger partial charge in [-0.2, -0.15) is 0 Å². The van der Waals surface area contributed by atoms with Crippen LogP contribution in [0.1, 0.15) is 44.4 Å². The molecule has 7 heteroatoms. The minimum Gasteiger partial charge on any atom is -0.496 e. The summed E-state index contributed by atoms with van der Waals surface area (Å²) in [5.74, 6) is 0.192. The highest BCUT2D eigenvalue weighted by atomic mass is 35.5. The molecule has 5 nitrogen and oxygen atoms in total. The van der Waals surface area contributed by atoms with Crippen molar-refractivity contribution in [1.29, 1.82) is 0 Å². The van der Waals surface area contributed by atoms with Crippen LogP contribution in [0.2, 0.25) is 5.02 Å². The van der Waals surface area contributed by atoms with Crippen molar-refractivity contribution in [1.82, 2.24) is 4.90 Å². The predicted molar refractivity (Wildman–Crippen MR) is 118 cm³/mol. The van der Waals surface area contributed by atoms with Gasteiger partial charge < -0.3 is 14.2 Å². The van der Waals surface area contributed by atoms with Crippen LogP contribution >= 0.6 is 11.6 Å². The molecule has 1 aliphatic heterocycles. The highest BCUT2D eigenvalue weighted by Crippen LogP contribution is 2.33. The maximum Gasteiger partial charge on any atom is 0.411 e. The Labute approximate surface area is 187 Å². The smallest absolute Gasteiger partial charge is 0.411 e. The third-order valence-corrected chi connectivity index (χ3v) is 5.04. The van der Waals surface area contributed by atoms with Crippen molar-refractivity contribution in [3.8, 4) is 11.5 Å². The van der Waals surface area contributed by atoms with Crippen molar-refractivity contribution in [3.05, 3.63) is 70.5 Å². The molecule has 1 amide bonds. The third kappa shape index (κ3) is 5.91. The average Bonchev–Trinajstić information content (AvgIpc) is 2.72. The molecule has 3 rings (SSSR count). The number of benzene rings is 2. The Bertz CT molecular complexity index is 971. The van der Waals surface area contributed by atoms with Gasteiger partial charge in [0.25, 0.3) is 0 Å². The molecule has 166 valence electrons. The van der Waals surface area contributed by atoms with Crippen molar-refractivity contribution in [3.63, 3.8) is 0 Å². The van der Waals surface area contributed by atoms with Crippen LogP contribution in [0.5, 0.6) is 11.5 Å². The fourth-order valence-electron chi connectivity index (χ4n) is 3.34. The van der Waals surface area contributed by atoms with E-state index in [1.165, 1.54) is 13.2 Å². The maximum absolute atomic E-state index is 14.5. The quantitative estimate of drug-likeness (QED) is 0.504. The fraction of sp³-hybridized carbons (Fsp3) is 0.375. The van der Waals surface area contributed by atoms with E-state index in [1.807, 2.05) is 32.9 Å². The largest absolute Gasteiger partial charge is 0.496 e. The third-order valence-electron chi connectivity index (χ3n) is 4.80. The summed E-state index contributed by atoms with van der Waals surface area (Å²) in [5, 5.41) is 0.543. The van der Waals surface area contributed by atoms with Gasteiger partial charge in [-0.15, -0.1) is 0 Å². The summed E-state index contributed by atoms with van der Waals surface area (Å²) in [7, 11) is 1.54. The molecule has 0 aromatic heterocycles. The van der Waals surface area contributed by atoms with Gasteiger partial charge in [-0.3, -0.25) is 4.90 Å². The number of rotatable bonds is 5. The molecule has 2 aromatic carbocycles. The molecule has 0 spiro atoms. The lowest BCUT2D eigenvalue weighted by molar-refractivity contribution is 0.0175. The van der Waals surface area contributed by atoms with E-state index in [0.717, 1.165) is 11.1 Å². The first-order chi connectivity index (χ1) is 14.7. The van der Waals surface area contributed by atoms with Crippen LogP contribution in [0.3, 0.4) is 0 Å². The van der Waals surface area contributed by atoms with E-state index in [1.54, 1.807) is 35.2 Å². The predicted octanol–water partition coefficient (Wildman–Crippen LogP) is 6.30. The molecular weight excluding hydrogens is 421 g/mol. The Kier molecular flexibility index (Phi) is 7.11. The molecule has 0 bridgehead atoms. The Morgan fingerprint density at radius 2 is 1.94 bits per heavy atom. The summed E-state index contributed by atoms with van der Waals surface area (Å²) < 4.78 is 31.1. The van der Waals surface area contributed by atoms with Gasteiger partial charge >= 0.3 is 6.09 Å². The lowest BCUT2D eigenvalue weighted by atomic mass is 9.99. The minimum atomic E-state index is -0.600. The van der Waals surface area contributed by atoms with Gasteiger partial charge in [0.15, 0.2) is 11.6 Å². The molecule has 31 heavy (non-hydrogen) atoms. The van der Waals surface area contributed by atoms with E-state index in [2.05, 4.69) is 0 Å². The van der Waals surface area contributed by atoms with Gasteiger partial charge in [-0.1, -0.05) is 35.9 Å². The first-order valence-corrected chi connectivity index (χ1v) is 10.4. The molecule has 1 heterocycles. The van der Waals surface area contributed by atoms with Crippen LogP contribution in [-0.2, 0) is 11.3 Å². The molecule has 0 N–H and O–H groups in total. The number of carbonyl (C=O) groups excluding carboxylic acids is 1. The van der Waals surface area contributed by atoms with Crippen LogP contribution in [0.25, 0.3) is 0 Å². The van der Waals surface area contributed by atoms with Gasteiger partial charge in [0.2, 0.25) is 0 Å². The zero-order chi connectivity index (χ0) is 22.6. The zero-order valence-corrected chi connectivity index (χ0v) is 18.9. The summed E-state index contributed by atoms with van der Waals surface area (Å²) in [6, 6.07) is 9.58. The van der Waals surface area contributed by atoms with Crippen molar-refractivity contribution < 1.29 is 23.4 Å². The number of amides is 1. The number of ether oxygens (including phenoxy) is 3. The van der Waals surface area contributed by atoms with E-state index < -0.39 is 17.5 Å². The van der Waals surface area contributed by atoms with Crippen molar-refractivity contribution in [2.75, 3.05) is 13.7 Å². The SMILES string of the molecule is COc1cc(Cl)ccc1COc1cc(C2CC=CCN2C(=O)OC(C)(C)C)ccc1F. The van der Waals surface area contributed by atoms with Crippen molar-refractivity contribution in [2.45, 2.75) is 45.4 Å². The molecule has 1 unspecified atom stereocenters. The number of nitrogens with zero attached hydrogens (tertiary/aromatic N) is 1. The Balaban J connectivity index is 1.81. The molecular formula is C24H27ClFNO4. The summed E-state index contributed by atoms with van der Waals surface area (Å²) in [4.78, 5) is 14.3. The van der Waals surface area contributed by atoms with Crippen molar-refractivity contribution >= 4 is 17.7 Å². The standard InChI is InChI=1S/C24H27ClFNO4/c1-24(2,3)31-23(28)27-12-6-5-7-20(27)16-9-11-19(26)22(13-16)30-15-17-8-10-18(25)14-21(17)29-4/h5-6,8-11,13-14,20H,7,12,15H2,1-4H3. The topological polar surface area (TPSA) is 48.0 Å². The summed E-state index contributed by atoms with van der Waals surface area (Å²) in [6.45, 7) is 6.02. The molecule has 0 saturated heterocycles. The van der Waals surface area contributed by atoms with Crippen LogP contribution in [0.15, 0.2) is 48.6 Å². The number of carbonyl (C=O) groups is 1. The van der Waals surface area contributed by atoms with E-state index in [-0.39, 0.29) is 18.4 Å². The van der Waals surface area contributed by atoms with E-state index >= 15 is 0 Å². The molecule has 0 fully saturated rings. The maximum atomic E-state index is 14.5. The van der Waals surface area contributed by atoms with E-state index in [4.69, 9.17) is 25.8 Å². The normalized spacial score (nSPS) is 16.2. The van der Waals surface area contributed by atoms with Gasteiger partial charge in [-0.05, 0) is 57.0 Å². The van der Waals surface area contributed by atoms with E-state index in [9.17, 15) is 9.18 Å². The second-order valence-electron chi connectivity index (χ2n) is 8.29. The number of halogens is 2. The highest BCUT2D eigenvalue weighted by molar-refractivity contribution is 6.30. The molecule has 1 aliphatic rings. The lowest BCUT2D eigenvalue weighted by Gasteiger charge is -2.35. The number of hydrogen-bond acceptors (Lipinski definition) is 4. The molecule has 1 atom stereocenters. The van der Waals surface area contributed by atoms with Crippen LogP contribution in [0.4, 0.5) is 9.18 Å². The Morgan fingerprint density at radius 1 is 1.16 bits per heavy atom. The van der Waals surface area contributed by atoms with Crippen LogP contribution < -0.4 is 9.47 Å². The summed E-state index contributed by atoms with van der Waals surface area (Å²) >= 11 is 6.00. The lowest BCUT2D eigenvalue weighted by Crippen LogP contribution is -2.40. The van der Waals surface area contributed by atoms with Crippen LogP contribution in [-0.4, -0.2) is 30.2 Å². The second kappa shape index (κ2) is 9.60. The summed E-state index contributed by atoms with van der Waals surface area (Å²) in [5.41, 5.74) is 0.916. The molecule has 0 saturated carbocycles. The minimum absolute atomic E-state index is 0.105. The number of hydrogen-bond donors (Lipinski definition) is 0. The fourth-order valence-corrected chi connectivity index (χ4v) is 3.50. The Hall–Kier alpha value is -2.73. The molecule has 0 radical (unpaired) electrons. The zero-order valence-electron chi connectivity index (χ0n) is 18.2. The van der Waals surface area contributed by atoms with Crippen LogP contribution in [0, 0.1) is 5.82 Å². The first-order valence-electron chi connectivity index (χ1n) is 10.1. The van der Waals surface area contributed by atoms with Gasteiger partial charge in [0.05, 0.1) is 13.2 Å². The Morgan fingerprint density at radius 3 is 2.65 bits per heavy atom. The van der Waals surface area contributed by atoms with Gasteiger partial charge in [-0.25, -0.2) is 9.18 Å². The average molecular weight is 448 g/mol. The highest BCUT2D eigenvalue weighted by Gasteiger charge is 2.30. The van der Waals surface area contributed by atoms with Crippen molar-refractivity contribution in [2.24, 2.45) is 0 Å². The monoisotopic (exact) mass is 447 g/mol. The number of methoxy groups -OCH3 is 1.